The molecule has 1 heterocycles. The number of piperidine rings is 1. The van der Waals surface area contributed by atoms with Gasteiger partial charge in [-0.1, -0.05) is 0 Å². The molecule has 100 valence electrons. The average Bonchev–Trinajstić information content (AvgIpc) is 2.35. The summed E-state index contributed by atoms with van der Waals surface area (Å²) in [5.41, 5.74) is 0. The maximum atomic E-state index is 11.6. The highest BCUT2D eigenvalue weighted by Crippen LogP contribution is 2.19. The van der Waals surface area contributed by atoms with E-state index in [0.717, 1.165) is 38.8 Å². The lowest BCUT2D eigenvalue weighted by Gasteiger charge is -2.22. The second-order valence-electron chi connectivity index (χ2n) is 4.59. The van der Waals surface area contributed by atoms with E-state index in [4.69, 9.17) is 5.11 Å². The predicted octanol–water partition coefficient (Wildman–Crippen LogP) is 0.749. The molecule has 0 bridgehead atoms. The Morgan fingerprint density at radius 3 is 2.88 bits per heavy atom. The van der Waals surface area contributed by atoms with Crippen molar-refractivity contribution in [2.75, 3.05) is 25.4 Å². The zero-order chi connectivity index (χ0) is 12.5. The first-order valence-corrected chi connectivity index (χ1v) is 7.49. The first-order valence-electron chi connectivity index (χ1n) is 6.45. The molecule has 1 amide bonds. The number of carbonyl (C=O) groups is 1. The molecule has 17 heavy (non-hydrogen) atoms. The van der Waals surface area contributed by atoms with Crippen LogP contribution in [-0.4, -0.2) is 47.8 Å². The quantitative estimate of drug-likeness (QED) is 0.632. The third-order valence-corrected chi connectivity index (χ3v) is 4.31. The fourth-order valence-electron chi connectivity index (χ4n) is 1.94. The molecule has 0 aliphatic carbocycles. The van der Waals surface area contributed by atoms with Crippen LogP contribution in [0.4, 0.5) is 0 Å². The highest BCUT2D eigenvalue weighted by atomic mass is 32.2. The van der Waals surface area contributed by atoms with Crippen molar-refractivity contribution in [3.05, 3.63) is 0 Å². The van der Waals surface area contributed by atoms with Gasteiger partial charge in [-0.05, 0) is 45.7 Å². The zero-order valence-corrected chi connectivity index (χ0v) is 11.4. The van der Waals surface area contributed by atoms with Crippen molar-refractivity contribution < 1.29 is 9.90 Å². The SMILES string of the molecule is CC(CCCO)NC(=O)CSC1CCNCC1. The molecule has 1 aliphatic rings. The van der Waals surface area contributed by atoms with Crippen molar-refractivity contribution in [1.29, 1.82) is 0 Å². The Morgan fingerprint density at radius 1 is 1.53 bits per heavy atom. The molecule has 1 saturated heterocycles. The second kappa shape index (κ2) is 8.78. The summed E-state index contributed by atoms with van der Waals surface area (Å²) in [6, 6.07) is 0.170. The van der Waals surface area contributed by atoms with Crippen molar-refractivity contribution in [3.63, 3.8) is 0 Å². The van der Waals surface area contributed by atoms with Gasteiger partial charge >= 0.3 is 0 Å². The van der Waals surface area contributed by atoms with Crippen molar-refractivity contribution in [3.8, 4) is 0 Å². The molecule has 1 rings (SSSR count). The van der Waals surface area contributed by atoms with Crippen LogP contribution >= 0.6 is 11.8 Å². The van der Waals surface area contributed by atoms with E-state index in [1.807, 2.05) is 6.92 Å². The number of aliphatic hydroxyl groups is 1. The van der Waals surface area contributed by atoms with Crippen molar-refractivity contribution in [2.45, 2.75) is 43.9 Å². The standard InChI is InChI=1S/C12H24N2O2S/c1-10(3-2-8-15)14-12(16)9-17-11-4-6-13-7-5-11/h10-11,13,15H,2-9H2,1H3,(H,14,16). The van der Waals surface area contributed by atoms with Gasteiger partial charge in [-0.3, -0.25) is 4.79 Å². The van der Waals surface area contributed by atoms with Gasteiger partial charge in [0.15, 0.2) is 0 Å². The fourth-order valence-corrected chi connectivity index (χ4v) is 2.98. The van der Waals surface area contributed by atoms with Gasteiger partial charge < -0.3 is 15.7 Å². The highest BCUT2D eigenvalue weighted by Gasteiger charge is 2.15. The van der Waals surface area contributed by atoms with E-state index in [1.165, 1.54) is 0 Å². The molecule has 1 unspecified atom stereocenters. The second-order valence-corrected chi connectivity index (χ2v) is 5.88. The minimum atomic E-state index is 0.124. The molecule has 0 radical (unpaired) electrons. The summed E-state index contributed by atoms with van der Waals surface area (Å²) < 4.78 is 0. The van der Waals surface area contributed by atoms with Gasteiger partial charge in [0, 0.05) is 17.9 Å². The maximum absolute atomic E-state index is 11.6. The van der Waals surface area contributed by atoms with Gasteiger partial charge in [0.05, 0.1) is 5.75 Å². The van der Waals surface area contributed by atoms with E-state index in [1.54, 1.807) is 11.8 Å². The minimum absolute atomic E-state index is 0.124. The monoisotopic (exact) mass is 260 g/mol. The van der Waals surface area contributed by atoms with E-state index < -0.39 is 0 Å². The highest BCUT2D eigenvalue weighted by molar-refractivity contribution is 8.00. The number of nitrogens with one attached hydrogen (secondary N) is 2. The molecule has 0 aromatic rings. The van der Waals surface area contributed by atoms with E-state index in [2.05, 4.69) is 10.6 Å². The summed E-state index contributed by atoms with van der Waals surface area (Å²) in [6.45, 7) is 4.34. The summed E-state index contributed by atoms with van der Waals surface area (Å²) in [7, 11) is 0. The minimum Gasteiger partial charge on any atom is -0.396 e. The van der Waals surface area contributed by atoms with Crippen LogP contribution in [0.2, 0.25) is 0 Å². The number of aliphatic hydroxyl groups excluding tert-OH is 1. The van der Waals surface area contributed by atoms with Crippen LogP contribution in [0.5, 0.6) is 0 Å². The van der Waals surface area contributed by atoms with E-state index in [0.29, 0.717) is 11.0 Å². The first-order chi connectivity index (χ1) is 8.22. The van der Waals surface area contributed by atoms with E-state index in [-0.39, 0.29) is 18.6 Å². The Morgan fingerprint density at radius 2 is 2.24 bits per heavy atom. The topological polar surface area (TPSA) is 61.4 Å². The normalized spacial score (nSPS) is 18.9. The largest absolute Gasteiger partial charge is 0.396 e. The predicted molar refractivity (Wildman–Crippen MR) is 72.3 cm³/mol. The lowest BCUT2D eigenvalue weighted by molar-refractivity contribution is -0.119. The number of carbonyl (C=O) groups excluding carboxylic acids is 1. The third kappa shape index (κ3) is 6.91. The Labute approximate surface area is 108 Å². The molecule has 3 N–H and O–H groups in total. The number of rotatable bonds is 7. The molecular weight excluding hydrogens is 236 g/mol. The van der Waals surface area contributed by atoms with Gasteiger partial charge in [0.1, 0.15) is 0 Å². The Hall–Kier alpha value is -0.260. The Balaban J connectivity index is 2.07. The van der Waals surface area contributed by atoms with Crippen LogP contribution in [0.25, 0.3) is 0 Å². The van der Waals surface area contributed by atoms with Crippen LogP contribution < -0.4 is 10.6 Å². The number of hydrogen-bond acceptors (Lipinski definition) is 4. The summed E-state index contributed by atoms with van der Waals surface area (Å²) >= 11 is 1.77. The first kappa shape index (κ1) is 14.8. The van der Waals surface area contributed by atoms with Crippen molar-refractivity contribution in [2.24, 2.45) is 0 Å². The van der Waals surface area contributed by atoms with Gasteiger partial charge in [-0.25, -0.2) is 0 Å². The molecule has 0 aromatic heterocycles. The summed E-state index contributed by atoms with van der Waals surface area (Å²) in [6.07, 6.45) is 3.93. The average molecular weight is 260 g/mol. The van der Waals surface area contributed by atoms with Crippen LogP contribution in [0.1, 0.15) is 32.6 Å². The number of hydrogen-bond donors (Lipinski definition) is 3. The van der Waals surface area contributed by atoms with Crippen LogP contribution in [0.15, 0.2) is 0 Å². The summed E-state index contributed by atoms with van der Waals surface area (Å²) in [5.74, 6) is 0.688. The number of amides is 1. The summed E-state index contributed by atoms with van der Waals surface area (Å²) in [5, 5.41) is 15.6. The molecular formula is C12H24N2O2S. The molecule has 0 spiro atoms. The summed E-state index contributed by atoms with van der Waals surface area (Å²) in [4.78, 5) is 11.6. The molecule has 0 aromatic carbocycles. The fraction of sp³-hybridized carbons (Fsp3) is 0.917. The van der Waals surface area contributed by atoms with Gasteiger partial charge in [0.2, 0.25) is 5.91 Å². The smallest absolute Gasteiger partial charge is 0.230 e. The van der Waals surface area contributed by atoms with Gasteiger partial charge in [-0.2, -0.15) is 0 Å². The lowest BCUT2D eigenvalue weighted by atomic mass is 10.2. The zero-order valence-electron chi connectivity index (χ0n) is 10.6. The van der Waals surface area contributed by atoms with E-state index >= 15 is 0 Å². The molecule has 0 saturated carbocycles. The maximum Gasteiger partial charge on any atom is 0.230 e. The van der Waals surface area contributed by atoms with Gasteiger partial charge in [0.25, 0.3) is 0 Å². The molecule has 1 aliphatic heterocycles. The van der Waals surface area contributed by atoms with Gasteiger partial charge in [-0.15, -0.1) is 11.8 Å². The number of thioether (sulfide) groups is 1. The Kier molecular flexibility index (Phi) is 7.64. The van der Waals surface area contributed by atoms with Crippen LogP contribution in [0, 0.1) is 0 Å². The van der Waals surface area contributed by atoms with E-state index in [9.17, 15) is 4.79 Å². The molecule has 5 heteroatoms. The van der Waals surface area contributed by atoms with Crippen molar-refractivity contribution >= 4 is 17.7 Å². The Bertz CT molecular complexity index is 221. The molecule has 4 nitrogen and oxygen atoms in total. The lowest BCUT2D eigenvalue weighted by Crippen LogP contribution is -2.35. The molecule has 1 fully saturated rings. The molecule has 1 atom stereocenters. The third-order valence-electron chi connectivity index (χ3n) is 2.94. The van der Waals surface area contributed by atoms with Crippen LogP contribution in [-0.2, 0) is 4.79 Å². The van der Waals surface area contributed by atoms with Crippen molar-refractivity contribution in [1.82, 2.24) is 10.6 Å². The van der Waals surface area contributed by atoms with Crippen LogP contribution in [0.3, 0.4) is 0 Å².